The van der Waals surface area contributed by atoms with E-state index in [-0.39, 0.29) is 17.0 Å². The predicted molar refractivity (Wildman–Crippen MR) is 49.9 cm³/mol. The van der Waals surface area contributed by atoms with Gasteiger partial charge in [0.25, 0.3) is 0 Å². The molecule has 0 saturated heterocycles. The molecule has 0 aromatic heterocycles. The molecule has 1 aromatic carbocycles. The number of halogens is 1. The van der Waals surface area contributed by atoms with Crippen LogP contribution in [0.3, 0.4) is 0 Å². The Morgan fingerprint density at radius 1 is 1.09 bits per heavy atom. The van der Waals surface area contributed by atoms with E-state index in [9.17, 15) is 8.42 Å². The summed E-state index contributed by atoms with van der Waals surface area (Å²) in [5.41, 5.74) is 0. The molecule has 0 aliphatic rings. The van der Waals surface area contributed by atoms with Gasteiger partial charge in [-0.05, 0) is 12.1 Å². The number of benzene rings is 1. The lowest BCUT2D eigenvalue weighted by atomic mass is 10.4. The van der Waals surface area contributed by atoms with Crippen molar-refractivity contribution in [3.63, 3.8) is 0 Å². The highest BCUT2D eigenvalue weighted by molar-refractivity contribution is 8.93. The SMILES string of the molecule is Br.CS(=O)(=O)c1ccccc1. The van der Waals surface area contributed by atoms with Crippen LogP contribution in [0.1, 0.15) is 0 Å². The van der Waals surface area contributed by atoms with E-state index < -0.39 is 9.84 Å². The fourth-order valence-electron chi connectivity index (χ4n) is 0.668. The Morgan fingerprint density at radius 2 is 1.55 bits per heavy atom. The van der Waals surface area contributed by atoms with Crippen molar-refractivity contribution in [1.29, 1.82) is 0 Å². The highest BCUT2D eigenvalue weighted by Crippen LogP contribution is 2.05. The average molecular weight is 237 g/mol. The van der Waals surface area contributed by atoms with Crippen LogP contribution in [0.4, 0.5) is 0 Å². The molecule has 0 atom stereocenters. The van der Waals surface area contributed by atoms with Crippen LogP contribution < -0.4 is 0 Å². The molecule has 0 aliphatic heterocycles. The zero-order chi connectivity index (χ0) is 7.61. The summed E-state index contributed by atoms with van der Waals surface area (Å²) in [7, 11) is -3.00. The molecule has 0 unspecified atom stereocenters. The first kappa shape index (κ1) is 10.7. The number of hydrogen-bond donors (Lipinski definition) is 0. The summed E-state index contributed by atoms with van der Waals surface area (Å²) in [5, 5.41) is 0. The van der Waals surface area contributed by atoms with Gasteiger partial charge in [0.05, 0.1) is 4.90 Å². The lowest BCUT2D eigenvalue weighted by Gasteiger charge is -1.93. The Morgan fingerprint density at radius 3 is 1.82 bits per heavy atom. The topological polar surface area (TPSA) is 34.1 Å². The van der Waals surface area contributed by atoms with Gasteiger partial charge in [-0.1, -0.05) is 18.2 Å². The largest absolute Gasteiger partial charge is 0.224 e. The molecule has 0 amide bonds. The summed E-state index contributed by atoms with van der Waals surface area (Å²) in [6.45, 7) is 0. The lowest BCUT2D eigenvalue weighted by molar-refractivity contribution is 0.602. The highest BCUT2D eigenvalue weighted by atomic mass is 79.9. The van der Waals surface area contributed by atoms with Crippen molar-refractivity contribution in [1.82, 2.24) is 0 Å². The Balaban J connectivity index is 0.000001000. The van der Waals surface area contributed by atoms with E-state index in [1.165, 1.54) is 6.26 Å². The van der Waals surface area contributed by atoms with E-state index in [4.69, 9.17) is 0 Å². The molecule has 0 bridgehead atoms. The average Bonchev–Trinajstić information content (AvgIpc) is 1.88. The van der Waals surface area contributed by atoms with Gasteiger partial charge in [-0.25, -0.2) is 8.42 Å². The Hall–Kier alpha value is -0.350. The fourth-order valence-corrected chi connectivity index (χ4v) is 1.32. The second-order valence-electron chi connectivity index (χ2n) is 2.09. The van der Waals surface area contributed by atoms with Gasteiger partial charge in [-0.2, -0.15) is 0 Å². The fraction of sp³-hybridized carbons (Fsp3) is 0.143. The minimum atomic E-state index is -3.00. The third kappa shape index (κ3) is 3.03. The van der Waals surface area contributed by atoms with Crippen LogP contribution in [0.5, 0.6) is 0 Å². The molecular formula is C7H9BrO2S. The smallest absolute Gasteiger partial charge is 0.175 e. The van der Waals surface area contributed by atoms with E-state index in [0.717, 1.165) is 0 Å². The monoisotopic (exact) mass is 236 g/mol. The standard InChI is InChI=1S/C7H8O2S.BrH/c1-10(8,9)7-5-3-2-4-6-7;/h2-6H,1H3;1H. The zero-order valence-electron chi connectivity index (χ0n) is 6.02. The van der Waals surface area contributed by atoms with E-state index in [2.05, 4.69) is 0 Å². The minimum absolute atomic E-state index is 0. The van der Waals surface area contributed by atoms with E-state index in [1.807, 2.05) is 0 Å². The molecule has 0 spiro atoms. The van der Waals surface area contributed by atoms with E-state index >= 15 is 0 Å². The van der Waals surface area contributed by atoms with Gasteiger partial charge < -0.3 is 0 Å². The minimum Gasteiger partial charge on any atom is -0.224 e. The van der Waals surface area contributed by atoms with Gasteiger partial charge in [0.2, 0.25) is 0 Å². The van der Waals surface area contributed by atoms with Crippen molar-refractivity contribution in [2.75, 3.05) is 6.26 Å². The van der Waals surface area contributed by atoms with E-state index in [0.29, 0.717) is 4.90 Å². The molecule has 0 saturated carbocycles. The third-order valence-corrected chi connectivity index (χ3v) is 2.30. The summed E-state index contributed by atoms with van der Waals surface area (Å²) in [5.74, 6) is 0. The van der Waals surface area contributed by atoms with Crippen molar-refractivity contribution in [2.24, 2.45) is 0 Å². The summed E-state index contributed by atoms with van der Waals surface area (Å²) in [6.07, 6.45) is 1.20. The molecule has 1 aromatic rings. The summed E-state index contributed by atoms with van der Waals surface area (Å²) in [6, 6.07) is 8.35. The van der Waals surface area contributed by atoms with Crippen LogP contribution in [0.2, 0.25) is 0 Å². The van der Waals surface area contributed by atoms with Crippen molar-refractivity contribution in [2.45, 2.75) is 4.90 Å². The maximum Gasteiger partial charge on any atom is 0.175 e. The van der Waals surface area contributed by atoms with Gasteiger partial charge in [-0.15, -0.1) is 17.0 Å². The molecule has 62 valence electrons. The molecule has 0 N–H and O–H groups in total. The maximum absolute atomic E-state index is 10.8. The predicted octanol–water partition coefficient (Wildman–Crippen LogP) is 1.67. The van der Waals surface area contributed by atoms with Crippen molar-refractivity contribution in [3.05, 3.63) is 30.3 Å². The number of hydrogen-bond acceptors (Lipinski definition) is 2. The first-order chi connectivity index (χ1) is 4.61. The normalized spacial score (nSPS) is 10.3. The quantitative estimate of drug-likeness (QED) is 0.744. The van der Waals surface area contributed by atoms with Crippen LogP contribution in [-0.4, -0.2) is 14.7 Å². The Kier molecular flexibility index (Phi) is 3.75. The molecule has 0 aliphatic carbocycles. The summed E-state index contributed by atoms with van der Waals surface area (Å²) >= 11 is 0. The first-order valence-electron chi connectivity index (χ1n) is 2.86. The molecule has 1 rings (SSSR count). The Labute approximate surface area is 76.9 Å². The summed E-state index contributed by atoms with van der Waals surface area (Å²) in [4.78, 5) is 0.370. The summed E-state index contributed by atoms with van der Waals surface area (Å²) < 4.78 is 21.7. The number of rotatable bonds is 1. The molecule has 4 heteroatoms. The van der Waals surface area contributed by atoms with Crippen molar-refractivity contribution >= 4 is 26.8 Å². The van der Waals surface area contributed by atoms with Crippen molar-refractivity contribution < 1.29 is 8.42 Å². The molecule has 0 fully saturated rings. The van der Waals surface area contributed by atoms with Gasteiger partial charge in [0, 0.05) is 6.26 Å². The van der Waals surface area contributed by atoms with Gasteiger partial charge >= 0.3 is 0 Å². The molecule has 2 nitrogen and oxygen atoms in total. The lowest BCUT2D eigenvalue weighted by Crippen LogP contribution is -1.95. The van der Waals surface area contributed by atoms with Gasteiger partial charge in [-0.3, -0.25) is 0 Å². The third-order valence-electron chi connectivity index (χ3n) is 1.17. The molecular weight excluding hydrogens is 228 g/mol. The second-order valence-corrected chi connectivity index (χ2v) is 4.10. The zero-order valence-corrected chi connectivity index (χ0v) is 8.55. The second kappa shape index (κ2) is 3.88. The van der Waals surface area contributed by atoms with Gasteiger partial charge in [0.15, 0.2) is 9.84 Å². The van der Waals surface area contributed by atoms with Crippen LogP contribution >= 0.6 is 17.0 Å². The van der Waals surface area contributed by atoms with Crippen LogP contribution in [-0.2, 0) is 9.84 Å². The van der Waals surface area contributed by atoms with Crippen LogP contribution in [0.15, 0.2) is 35.2 Å². The molecule has 0 heterocycles. The molecule has 11 heavy (non-hydrogen) atoms. The van der Waals surface area contributed by atoms with E-state index in [1.54, 1.807) is 30.3 Å². The van der Waals surface area contributed by atoms with Crippen LogP contribution in [0, 0.1) is 0 Å². The maximum atomic E-state index is 10.8. The highest BCUT2D eigenvalue weighted by Gasteiger charge is 2.02. The molecule has 0 radical (unpaired) electrons. The number of sulfone groups is 1. The Bertz CT molecular complexity index is 304. The van der Waals surface area contributed by atoms with Crippen LogP contribution in [0.25, 0.3) is 0 Å². The van der Waals surface area contributed by atoms with Crippen molar-refractivity contribution in [3.8, 4) is 0 Å². The van der Waals surface area contributed by atoms with Gasteiger partial charge in [0.1, 0.15) is 0 Å². The first-order valence-corrected chi connectivity index (χ1v) is 4.75.